The van der Waals surface area contributed by atoms with E-state index in [2.05, 4.69) is 0 Å². The van der Waals surface area contributed by atoms with Crippen LogP contribution in [0, 0.1) is 5.82 Å². The quantitative estimate of drug-likeness (QED) is 0.724. The Morgan fingerprint density at radius 1 is 1.14 bits per heavy atom. The number of rotatable bonds is 5. The van der Waals surface area contributed by atoms with Gasteiger partial charge in [0.05, 0.1) is 13.2 Å². The summed E-state index contributed by atoms with van der Waals surface area (Å²) in [4.78, 5) is 0. The van der Waals surface area contributed by atoms with E-state index in [9.17, 15) is 4.39 Å². The summed E-state index contributed by atoms with van der Waals surface area (Å²) >= 11 is 0. The van der Waals surface area contributed by atoms with Gasteiger partial charge in [-0.3, -0.25) is 0 Å². The van der Waals surface area contributed by atoms with Crippen LogP contribution in [0.5, 0.6) is 11.5 Å². The lowest BCUT2D eigenvalue weighted by Crippen LogP contribution is -2.00. The summed E-state index contributed by atoms with van der Waals surface area (Å²) in [6, 6.07) is 4.30. The Hall–Kier alpha value is -1.25. The summed E-state index contributed by atoms with van der Waals surface area (Å²) in [7, 11) is 0. The summed E-state index contributed by atoms with van der Waals surface area (Å²) < 4.78 is 23.5. The summed E-state index contributed by atoms with van der Waals surface area (Å²) in [6.07, 6.45) is 0.920. The van der Waals surface area contributed by atoms with E-state index >= 15 is 0 Å². The van der Waals surface area contributed by atoms with Crippen LogP contribution in [0.2, 0.25) is 0 Å². The zero-order valence-corrected chi connectivity index (χ0v) is 8.55. The summed E-state index contributed by atoms with van der Waals surface area (Å²) in [5.74, 6) is 0.772. The fraction of sp³-hybridized carbons (Fsp3) is 0.455. The molecule has 0 aliphatic carbocycles. The lowest BCUT2D eigenvalue weighted by molar-refractivity contribution is 0.275. The van der Waals surface area contributed by atoms with Gasteiger partial charge in [-0.25, -0.2) is 4.39 Å². The smallest absolute Gasteiger partial charge is 0.164 e. The van der Waals surface area contributed by atoms with Crippen molar-refractivity contribution in [3.8, 4) is 11.5 Å². The number of benzene rings is 1. The van der Waals surface area contributed by atoms with Gasteiger partial charge in [-0.1, -0.05) is 6.92 Å². The second-order valence-corrected chi connectivity index (χ2v) is 2.87. The second kappa shape index (κ2) is 5.47. The molecule has 0 heterocycles. The van der Waals surface area contributed by atoms with E-state index in [1.165, 1.54) is 12.1 Å². The second-order valence-electron chi connectivity index (χ2n) is 2.87. The molecule has 1 rings (SSSR count). The minimum absolute atomic E-state index is 0.308. The molecule has 2 nitrogen and oxygen atoms in total. The largest absolute Gasteiger partial charge is 0.490 e. The van der Waals surface area contributed by atoms with Gasteiger partial charge in [0, 0.05) is 6.07 Å². The van der Waals surface area contributed by atoms with Crippen LogP contribution in [0.4, 0.5) is 4.39 Å². The maximum absolute atomic E-state index is 12.9. The van der Waals surface area contributed by atoms with Crippen molar-refractivity contribution in [3.05, 3.63) is 24.0 Å². The Morgan fingerprint density at radius 2 is 1.93 bits per heavy atom. The van der Waals surface area contributed by atoms with Gasteiger partial charge in [-0.15, -0.1) is 0 Å². The maximum atomic E-state index is 12.9. The first kappa shape index (κ1) is 10.8. The number of hydrogen-bond acceptors (Lipinski definition) is 2. The van der Waals surface area contributed by atoms with Crippen LogP contribution >= 0.6 is 0 Å². The molecule has 1 aromatic carbocycles. The summed E-state index contributed by atoms with van der Waals surface area (Å²) in [5, 5.41) is 0. The van der Waals surface area contributed by atoms with Crippen molar-refractivity contribution in [1.29, 1.82) is 0 Å². The number of halogens is 1. The average Bonchev–Trinajstić information content (AvgIpc) is 2.17. The average molecular weight is 198 g/mol. The molecule has 0 saturated heterocycles. The van der Waals surface area contributed by atoms with E-state index < -0.39 is 0 Å². The molecule has 0 fully saturated rings. The third-order valence-corrected chi connectivity index (χ3v) is 1.67. The van der Waals surface area contributed by atoms with Gasteiger partial charge in [0.2, 0.25) is 0 Å². The Labute approximate surface area is 83.6 Å². The fourth-order valence-electron chi connectivity index (χ4n) is 1.08. The zero-order chi connectivity index (χ0) is 10.4. The first-order valence-electron chi connectivity index (χ1n) is 4.83. The molecule has 14 heavy (non-hydrogen) atoms. The van der Waals surface area contributed by atoms with Crippen molar-refractivity contribution in [2.45, 2.75) is 20.3 Å². The molecule has 3 heteroatoms. The highest BCUT2D eigenvalue weighted by atomic mass is 19.1. The minimum Gasteiger partial charge on any atom is -0.490 e. The van der Waals surface area contributed by atoms with Gasteiger partial charge in [0.15, 0.2) is 11.5 Å². The summed E-state index contributed by atoms with van der Waals surface area (Å²) in [5.41, 5.74) is 0. The molecule has 0 aliphatic heterocycles. The molecule has 0 atom stereocenters. The first-order valence-corrected chi connectivity index (χ1v) is 4.83. The normalized spacial score (nSPS) is 9.93. The lowest BCUT2D eigenvalue weighted by atomic mass is 10.3. The van der Waals surface area contributed by atoms with Gasteiger partial charge in [-0.2, -0.15) is 0 Å². The van der Waals surface area contributed by atoms with Crippen LogP contribution in [0.1, 0.15) is 20.3 Å². The molecule has 0 N–H and O–H groups in total. The summed E-state index contributed by atoms with van der Waals surface area (Å²) in [6.45, 7) is 5.00. The molecule has 78 valence electrons. The van der Waals surface area contributed by atoms with Crippen molar-refractivity contribution in [1.82, 2.24) is 0 Å². The Kier molecular flexibility index (Phi) is 4.23. The number of hydrogen-bond donors (Lipinski definition) is 0. The number of ether oxygens (including phenoxy) is 2. The topological polar surface area (TPSA) is 18.5 Å². The van der Waals surface area contributed by atoms with Gasteiger partial charge in [-0.05, 0) is 25.5 Å². The Bertz CT molecular complexity index is 287. The van der Waals surface area contributed by atoms with E-state index in [0.29, 0.717) is 24.7 Å². The molecule has 0 amide bonds. The lowest BCUT2D eigenvalue weighted by Gasteiger charge is -2.10. The molecule has 0 spiro atoms. The molecule has 1 aromatic rings. The van der Waals surface area contributed by atoms with E-state index in [4.69, 9.17) is 9.47 Å². The molecule has 0 aliphatic rings. The van der Waals surface area contributed by atoms with Crippen LogP contribution in [0.15, 0.2) is 18.2 Å². The molecular formula is C11H15FO2. The maximum Gasteiger partial charge on any atom is 0.164 e. The van der Waals surface area contributed by atoms with Crippen molar-refractivity contribution in [2.75, 3.05) is 13.2 Å². The van der Waals surface area contributed by atoms with Crippen LogP contribution in [0.25, 0.3) is 0 Å². The highest BCUT2D eigenvalue weighted by Crippen LogP contribution is 2.27. The Balaban J connectivity index is 2.78. The van der Waals surface area contributed by atoms with E-state index in [0.717, 1.165) is 6.42 Å². The van der Waals surface area contributed by atoms with E-state index in [1.54, 1.807) is 6.07 Å². The predicted octanol–water partition coefficient (Wildman–Crippen LogP) is 3.01. The zero-order valence-electron chi connectivity index (χ0n) is 8.55. The van der Waals surface area contributed by atoms with E-state index in [1.807, 2.05) is 13.8 Å². The monoisotopic (exact) mass is 198 g/mol. The van der Waals surface area contributed by atoms with Gasteiger partial charge in [0.1, 0.15) is 5.82 Å². The van der Waals surface area contributed by atoms with Crippen LogP contribution < -0.4 is 9.47 Å². The molecular weight excluding hydrogens is 183 g/mol. The third-order valence-electron chi connectivity index (χ3n) is 1.67. The SMILES string of the molecule is CCCOc1ccc(F)cc1OCC. The van der Waals surface area contributed by atoms with Crippen molar-refractivity contribution < 1.29 is 13.9 Å². The van der Waals surface area contributed by atoms with Crippen molar-refractivity contribution in [3.63, 3.8) is 0 Å². The molecule has 0 saturated carbocycles. The van der Waals surface area contributed by atoms with Crippen LogP contribution in [0.3, 0.4) is 0 Å². The van der Waals surface area contributed by atoms with Gasteiger partial charge in [0.25, 0.3) is 0 Å². The van der Waals surface area contributed by atoms with Gasteiger partial charge >= 0.3 is 0 Å². The van der Waals surface area contributed by atoms with Crippen LogP contribution in [-0.4, -0.2) is 13.2 Å². The predicted molar refractivity (Wildman–Crippen MR) is 53.4 cm³/mol. The first-order chi connectivity index (χ1) is 6.77. The van der Waals surface area contributed by atoms with Gasteiger partial charge < -0.3 is 9.47 Å². The molecule has 0 bridgehead atoms. The highest BCUT2D eigenvalue weighted by Gasteiger charge is 2.05. The molecule has 0 radical (unpaired) electrons. The van der Waals surface area contributed by atoms with Crippen molar-refractivity contribution >= 4 is 0 Å². The van der Waals surface area contributed by atoms with Crippen molar-refractivity contribution in [2.24, 2.45) is 0 Å². The highest BCUT2D eigenvalue weighted by molar-refractivity contribution is 5.40. The standard InChI is InChI=1S/C11H15FO2/c1-3-7-14-10-6-5-9(12)8-11(10)13-4-2/h5-6,8H,3-4,7H2,1-2H3. The van der Waals surface area contributed by atoms with Crippen LogP contribution in [-0.2, 0) is 0 Å². The Morgan fingerprint density at radius 3 is 2.57 bits per heavy atom. The van der Waals surface area contributed by atoms with E-state index in [-0.39, 0.29) is 5.82 Å². The third kappa shape index (κ3) is 2.91. The fourth-order valence-corrected chi connectivity index (χ4v) is 1.08. The molecule has 0 unspecified atom stereocenters. The minimum atomic E-state index is -0.308. The molecule has 0 aromatic heterocycles.